The Labute approximate surface area is 258 Å². The predicted octanol–water partition coefficient (Wildman–Crippen LogP) is 8.36. The van der Waals surface area contributed by atoms with E-state index in [1.165, 1.54) is 49.7 Å². The van der Waals surface area contributed by atoms with Crippen molar-refractivity contribution in [1.82, 2.24) is 0 Å². The first-order chi connectivity index (χ1) is 21.1. The van der Waals surface area contributed by atoms with Crippen molar-refractivity contribution in [2.75, 3.05) is 26.4 Å². The van der Waals surface area contributed by atoms with Gasteiger partial charge in [-0.05, 0) is 73.9 Å². The number of benzene rings is 2. The SMILES string of the molecule is CCCCCCc1ccc(C(=O)OOC(CCOCCCOCCC)OOC(=O)c2ccc(CCCCCC)cc2)cc1. The fourth-order valence-corrected chi connectivity index (χ4v) is 4.32. The Morgan fingerprint density at radius 1 is 0.535 bits per heavy atom. The van der Waals surface area contributed by atoms with Crippen molar-refractivity contribution < 1.29 is 38.6 Å². The minimum Gasteiger partial charge on any atom is -0.381 e. The fourth-order valence-electron chi connectivity index (χ4n) is 4.32. The molecule has 0 N–H and O–H groups in total. The van der Waals surface area contributed by atoms with Crippen molar-refractivity contribution >= 4 is 11.9 Å². The molecular formula is C35H52O8. The summed E-state index contributed by atoms with van der Waals surface area (Å²) in [7, 11) is 0. The van der Waals surface area contributed by atoms with Gasteiger partial charge >= 0.3 is 11.9 Å². The first kappa shape index (κ1) is 36.4. The average Bonchev–Trinajstić information content (AvgIpc) is 3.04. The molecule has 0 fully saturated rings. The largest absolute Gasteiger partial charge is 0.381 e. The third kappa shape index (κ3) is 16.6. The van der Waals surface area contributed by atoms with E-state index in [1.807, 2.05) is 24.3 Å². The minimum absolute atomic E-state index is 0.170. The second-order valence-electron chi connectivity index (χ2n) is 10.7. The van der Waals surface area contributed by atoms with Crippen molar-refractivity contribution in [2.24, 2.45) is 0 Å². The van der Waals surface area contributed by atoms with Gasteiger partial charge in [0, 0.05) is 26.2 Å². The van der Waals surface area contributed by atoms with Gasteiger partial charge in [0.25, 0.3) is 0 Å². The Morgan fingerprint density at radius 2 is 1.00 bits per heavy atom. The monoisotopic (exact) mass is 600 g/mol. The second-order valence-corrected chi connectivity index (χ2v) is 10.7. The number of rotatable bonds is 25. The predicted molar refractivity (Wildman–Crippen MR) is 167 cm³/mol. The van der Waals surface area contributed by atoms with Gasteiger partial charge in [0.15, 0.2) is 0 Å². The molecule has 43 heavy (non-hydrogen) atoms. The molecule has 0 aliphatic carbocycles. The molecule has 0 radical (unpaired) electrons. The molecule has 0 bridgehead atoms. The topological polar surface area (TPSA) is 89.5 Å². The number of hydrogen-bond acceptors (Lipinski definition) is 8. The normalized spacial score (nSPS) is 11.2. The van der Waals surface area contributed by atoms with Crippen molar-refractivity contribution in [3.63, 3.8) is 0 Å². The molecule has 8 heteroatoms. The number of carbonyl (C=O) groups is 2. The van der Waals surface area contributed by atoms with Crippen LogP contribution in [0.1, 0.15) is 123 Å². The first-order valence-electron chi connectivity index (χ1n) is 16.2. The summed E-state index contributed by atoms with van der Waals surface area (Å²) < 4.78 is 11.1. The maximum absolute atomic E-state index is 12.6. The maximum Gasteiger partial charge on any atom is 0.373 e. The zero-order chi connectivity index (χ0) is 31.0. The molecule has 2 rings (SSSR count). The van der Waals surface area contributed by atoms with Gasteiger partial charge < -0.3 is 9.47 Å². The van der Waals surface area contributed by atoms with Crippen LogP contribution in [0.15, 0.2) is 48.5 Å². The van der Waals surface area contributed by atoms with Crippen LogP contribution in [0.25, 0.3) is 0 Å². The van der Waals surface area contributed by atoms with Gasteiger partial charge in [-0.1, -0.05) is 83.6 Å². The lowest BCUT2D eigenvalue weighted by Crippen LogP contribution is -2.24. The summed E-state index contributed by atoms with van der Waals surface area (Å²) in [5.74, 6) is -1.33. The van der Waals surface area contributed by atoms with E-state index in [0.29, 0.717) is 24.3 Å². The van der Waals surface area contributed by atoms with E-state index in [1.54, 1.807) is 24.3 Å². The minimum atomic E-state index is -1.17. The van der Waals surface area contributed by atoms with E-state index in [-0.39, 0.29) is 13.0 Å². The number of aryl methyl sites for hydroxylation is 2. The summed E-state index contributed by atoms with van der Waals surface area (Å²) in [6.45, 7) is 8.52. The molecule has 8 nitrogen and oxygen atoms in total. The number of ether oxygens (including phenoxy) is 2. The Bertz CT molecular complexity index is 918. The van der Waals surface area contributed by atoms with Gasteiger partial charge in [0.05, 0.1) is 17.7 Å². The van der Waals surface area contributed by atoms with Gasteiger partial charge in [-0.15, -0.1) is 9.78 Å². The number of hydrogen-bond donors (Lipinski definition) is 0. The quantitative estimate of drug-likeness (QED) is 0.0486. The summed E-state index contributed by atoms with van der Waals surface area (Å²) in [6, 6.07) is 14.6. The van der Waals surface area contributed by atoms with Crippen LogP contribution in [0.2, 0.25) is 0 Å². The van der Waals surface area contributed by atoms with Crippen LogP contribution in [0.5, 0.6) is 0 Å². The van der Waals surface area contributed by atoms with Gasteiger partial charge in [-0.3, -0.25) is 9.78 Å². The Morgan fingerprint density at radius 3 is 1.44 bits per heavy atom. The van der Waals surface area contributed by atoms with Crippen molar-refractivity contribution in [3.8, 4) is 0 Å². The van der Waals surface area contributed by atoms with Crippen LogP contribution >= 0.6 is 0 Å². The van der Waals surface area contributed by atoms with Crippen LogP contribution in [0.4, 0.5) is 0 Å². The zero-order valence-corrected chi connectivity index (χ0v) is 26.5. The first-order valence-corrected chi connectivity index (χ1v) is 16.2. The van der Waals surface area contributed by atoms with Crippen LogP contribution < -0.4 is 0 Å². The molecule has 240 valence electrons. The third-order valence-electron chi connectivity index (χ3n) is 6.90. The van der Waals surface area contributed by atoms with Crippen molar-refractivity contribution in [2.45, 2.75) is 111 Å². The smallest absolute Gasteiger partial charge is 0.373 e. The molecular weight excluding hydrogens is 548 g/mol. The van der Waals surface area contributed by atoms with Crippen LogP contribution in [0, 0.1) is 0 Å². The summed E-state index contributed by atoms with van der Waals surface area (Å²) in [6.07, 6.45) is 12.1. The van der Waals surface area contributed by atoms with Gasteiger partial charge in [-0.2, -0.15) is 0 Å². The van der Waals surface area contributed by atoms with E-state index >= 15 is 0 Å². The molecule has 0 aliphatic heterocycles. The summed E-state index contributed by atoms with van der Waals surface area (Å²) in [5.41, 5.74) is 3.05. The van der Waals surface area contributed by atoms with Gasteiger partial charge in [-0.25, -0.2) is 9.59 Å². The Kier molecular flexibility index (Phi) is 20.0. The van der Waals surface area contributed by atoms with Crippen molar-refractivity contribution in [3.05, 3.63) is 70.8 Å². The highest BCUT2D eigenvalue weighted by Crippen LogP contribution is 2.14. The number of carbonyl (C=O) groups excluding carboxylic acids is 2. The molecule has 2 aromatic carbocycles. The maximum atomic E-state index is 12.6. The third-order valence-corrected chi connectivity index (χ3v) is 6.90. The highest BCUT2D eigenvalue weighted by Gasteiger charge is 2.20. The van der Waals surface area contributed by atoms with Crippen molar-refractivity contribution in [1.29, 1.82) is 0 Å². The van der Waals surface area contributed by atoms with E-state index in [0.717, 1.165) is 45.1 Å². The fraction of sp³-hybridized carbons (Fsp3) is 0.600. The van der Waals surface area contributed by atoms with Crippen LogP contribution in [-0.4, -0.2) is 44.7 Å². The highest BCUT2D eigenvalue weighted by atomic mass is 17.3. The Balaban J connectivity index is 1.85. The van der Waals surface area contributed by atoms with Gasteiger partial charge in [0.1, 0.15) is 0 Å². The molecule has 0 heterocycles. The molecule has 0 atom stereocenters. The van der Waals surface area contributed by atoms with Crippen LogP contribution in [-0.2, 0) is 41.9 Å². The van der Waals surface area contributed by atoms with E-state index in [2.05, 4.69) is 20.8 Å². The standard InChI is InChI=1S/C35H52O8/c1-4-7-9-11-14-29-16-20-31(21-17-29)34(36)42-40-33(24-28-39-27-13-26-38-25-6-3)41-43-35(37)32-22-18-30(19-23-32)15-12-10-8-5-2/h16-23,33H,4-15,24-28H2,1-3H3. The van der Waals surface area contributed by atoms with E-state index in [4.69, 9.17) is 29.0 Å². The molecule has 0 aromatic heterocycles. The van der Waals surface area contributed by atoms with E-state index in [9.17, 15) is 9.59 Å². The lowest BCUT2D eigenvalue weighted by Gasteiger charge is -2.15. The molecule has 0 spiro atoms. The molecule has 0 saturated carbocycles. The lowest BCUT2D eigenvalue weighted by molar-refractivity contribution is -0.422. The summed E-state index contributed by atoms with van der Waals surface area (Å²) in [4.78, 5) is 45.8. The number of unbranched alkanes of at least 4 members (excludes halogenated alkanes) is 6. The zero-order valence-electron chi connectivity index (χ0n) is 26.5. The summed E-state index contributed by atoms with van der Waals surface area (Å²) in [5, 5.41) is 0. The molecule has 0 unspecified atom stereocenters. The molecule has 2 aromatic rings. The molecule has 0 aliphatic rings. The van der Waals surface area contributed by atoms with E-state index < -0.39 is 18.2 Å². The second kappa shape index (κ2) is 23.6. The summed E-state index contributed by atoms with van der Waals surface area (Å²) >= 11 is 0. The Hall–Kier alpha value is -2.78. The van der Waals surface area contributed by atoms with Gasteiger partial charge in [0.2, 0.25) is 6.29 Å². The highest BCUT2D eigenvalue weighted by molar-refractivity contribution is 5.89. The lowest BCUT2D eigenvalue weighted by atomic mass is 10.0. The molecule has 0 amide bonds. The van der Waals surface area contributed by atoms with Crippen LogP contribution in [0.3, 0.4) is 0 Å². The average molecular weight is 601 g/mol. The molecule has 0 saturated heterocycles.